The molecule has 29 heavy (non-hydrogen) atoms. The number of rotatable bonds is 3. The van der Waals surface area contributed by atoms with Crippen LogP contribution in [0.15, 0.2) is 45.8 Å². The number of fused-ring (bicyclic) bond motifs is 1. The van der Waals surface area contributed by atoms with Gasteiger partial charge in [-0.1, -0.05) is 23.4 Å². The number of piperidine rings is 1. The summed E-state index contributed by atoms with van der Waals surface area (Å²) in [4.78, 5) is 19.8. The number of aryl methyl sites for hydroxylation is 1. The van der Waals surface area contributed by atoms with E-state index in [1.165, 1.54) is 0 Å². The molecule has 1 aromatic carbocycles. The van der Waals surface area contributed by atoms with Crippen LogP contribution in [0.1, 0.15) is 30.0 Å². The van der Waals surface area contributed by atoms with Gasteiger partial charge in [0.2, 0.25) is 5.82 Å². The van der Waals surface area contributed by atoms with Gasteiger partial charge in [0.25, 0.3) is 11.4 Å². The van der Waals surface area contributed by atoms with Gasteiger partial charge in [0.1, 0.15) is 5.65 Å². The van der Waals surface area contributed by atoms with Gasteiger partial charge in [0.05, 0.1) is 17.5 Å². The molecule has 3 aromatic heterocycles. The smallest absolute Gasteiger partial charge is 0.258 e. The van der Waals surface area contributed by atoms with Gasteiger partial charge in [-0.2, -0.15) is 10.1 Å². The fourth-order valence-electron chi connectivity index (χ4n) is 3.84. The molecule has 0 radical (unpaired) electrons. The highest BCUT2D eigenvalue weighted by atomic mass is 35.5. The zero-order valence-electron chi connectivity index (χ0n) is 15.9. The molecule has 2 N–H and O–H groups in total. The van der Waals surface area contributed by atoms with Crippen LogP contribution >= 0.6 is 12.4 Å². The van der Waals surface area contributed by atoms with Crippen LogP contribution in [-0.2, 0) is 0 Å². The highest BCUT2D eigenvalue weighted by molar-refractivity contribution is 5.85. The maximum absolute atomic E-state index is 12.3. The van der Waals surface area contributed by atoms with Crippen LogP contribution in [0.3, 0.4) is 0 Å². The molecular formula is C20H21ClN6O2. The molecule has 1 fully saturated rings. The van der Waals surface area contributed by atoms with Crippen LogP contribution in [0.25, 0.3) is 28.5 Å². The van der Waals surface area contributed by atoms with Gasteiger partial charge >= 0.3 is 0 Å². The number of aromatic amines is 1. The van der Waals surface area contributed by atoms with Gasteiger partial charge in [0, 0.05) is 17.5 Å². The summed E-state index contributed by atoms with van der Waals surface area (Å²) in [7, 11) is 0. The average Bonchev–Trinajstić information content (AvgIpc) is 3.35. The third-order valence-electron chi connectivity index (χ3n) is 5.33. The van der Waals surface area contributed by atoms with E-state index in [0.29, 0.717) is 28.8 Å². The third kappa shape index (κ3) is 3.45. The summed E-state index contributed by atoms with van der Waals surface area (Å²) in [5, 5.41) is 12.0. The van der Waals surface area contributed by atoms with E-state index in [9.17, 15) is 4.79 Å². The molecule has 1 saturated heterocycles. The molecule has 1 aliphatic heterocycles. The molecule has 5 rings (SSSR count). The molecule has 4 aromatic rings. The molecule has 1 aliphatic rings. The summed E-state index contributed by atoms with van der Waals surface area (Å²) in [5.41, 5.74) is 3.97. The van der Waals surface area contributed by atoms with Crippen LogP contribution in [0.2, 0.25) is 0 Å². The Labute approximate surface area is 172 Å². The number of aromatic nitrogens is 5. The fraction of sp³-hybridized carbons (Fsp3) is 0.300. The average molecular weight is 413 g/mol. The minimum atomic E-state index is -0.148. The second-order valence-electron chi connectivity index (χ2n) is 7.14. The van der Waals surface area contributed by atoms with E-state index in [-0.39, 0.29) is 18.0 Å². The standard InChI is InChI=1S/C20H20N6O2.ClH/c1-12-4-2-3-5-14(12)20-24-18(25-28-20)15-11-22-26-16(10-17(27)23-19(15)26)13-6-8-21-9-7-13;/h2-5,10-11,13,21H,6-9H2,1H3,(H,23,27);1H. The van der Waals surface area contributed by atoms with Gasteiger partial charge < -0.3 is 14.8 Å². The SMILES string of the molecule is Cc1ccccc1-c1nc(-c2cnn3c(C4CCNCC4)cc(=O)[nH]c23)no1.Cl. The van der Waals surface area contributed by atoms with Crippen molar-refractivity contribution in [2.24, 2.45) is 0 Å². The van der Waals surface area contributed by atoms with Crippen molar-refractivity contribution < 1.29 is 4.52 Å². The Bertz CT molecular complexity index is 1210. The molecule has 4 heterocycles. The van der Waals surface area contributed by atoms with Crippen LogP contribution in [0, 0.1) is 6.92 Å². The molecular weight excluding hydrogens is 392 g/mol. The number of nitrogens with one attached hydrogen (secondary N) is 2. The maximum atomic E-state index is 12.3. The maximum Gasteiger partial charge on any atom is 0.258 e. The lowest BCUT2D eigenvalue weighted by atomic mass is 9.94. The van der Waals surface area contributed by atoms with Crippen molar-refractivity contribution in [3.05, 3.63) is 58.1 Å². The van der Waals surface area contributed by atoms with Crippen molar-refractivity contribution >= 4 is 18.1 Å². The number of benzene rings is 1. The monoisotopic (exact) mass is 412 g/mol. The number of nitrogens with zero attached hydrogens (tertiary/aromatic N) is 4. The Morgan fingerprint density at radius 3 is 2.76 bits per heavy atom. The number of hydrogen-bond acceptors (Lipinski definition) is 6. The topological polar surface area (TPSA) is 101 Å². The zero-order chi connectivity index (χ0) is 19.1. The van der Waals surface area contributed by atoms with Gasteiger partial charge in [-0.15, -0.1) is 12.4 Å². The summed E-state index contributed by atoms with van der Waals surface area (Å²) in [6.07, 6.45) is 3.64. The van der Waals surface area contributed by atoms with E-state index in [2.05, 4.69) is 25.5 Å². The molecule has 0 spiro atoms. The van der Waals surface area contributed by atoms with E-state index in [1.807, 2.05) is 31.2 Å². The first-order chi connectivity index (χ1) is 13.7. The van der Waals surface area contributed by atoms with E-state index in [4.69, 9.17) is 4.52 Å². The molecule has 0 unspecified atom stereocenters. The van der Waals surface area contributed by atoms with Crippen LogP contribution in [0.5, 0.6) is 0 Å². The fourth-order valence-corrected chi connectivity index (χ4v) is 3.84. The minimum Gasteiger partial charge on any atom is -0.334 e. The largest absolute Gasteiger partial charge is 0.334 e. The first kappa shape index (κ1) is 19.4. The van der Waals surface area contributed by atoms with Crippen LogP contribution < -0.4 is 10.9 Å². The van der Waals surface area contributed by atoms with Crippen molar-refractivity contribution in [1.29, 1.82) is 0 Å². The van der Waals surface area contributed by atoms with Gasteiger partial charge in [-0.3, -0.25) is 4.79 Å². The van der Waals surface area contributed by atoms with E-state index in [1.54, 1.807) is 16.8 Å². The van der Waals surface area contributed by atoms with Crippen LogP contribution in [-0.4, -0.2) is 37.8 Å². The molecule has 0 bridgehead atoms. The Morgan fingerprint density at radius 1 is 1.17 bits per heavy atom. The third-order valence-corrected chi connectivity index (χ3v) is 5.33. The minimum absolute atomic E-state index is 0. The number of hydrogen-bond donors (Lipinski definition) is 2. The molecule has 150 valence electrons. The first-order valence-corrected chi connectivity index (χ1v) is 9.42. The highest BCUT2D eigenvalue weighted by Crippen LogP contribution is 2.29. The van der Waals surface area contributed by atoms with Crippen LogP contribution in [0.4, 0.5) is 0 Å². The zero-order valence-corrected chi connectivity index (χ0v) is 16.7. The Hall–Kier alpha value is -2.97. The van der Waals surface area contributed by atoms with Gasteiger partial charge in [-0.25, -0.2) is 4.52 Å². The van der Waals surface area contributed by atoms with Crippen molar-refractivity contribution in [2.45, 2.75) is 25.7 Å². The number of H-pyrrole nitrogens is 1. The molecule has 0 saturated carbocycles. The Kier molecular flexibility index (Phi) is 5.21. The molecule has 9 heteroatoms. The lowest BCUT2D eigenvalue weighted by molar-refractivity contribution is 0.432. The summed E-state index contributed by atoms with van der Waals surface area (Å²) < 4.78 is 7.28. The lowest BCUT2D eigenvalue weighted by Crippen LogP contribution is -2.28. The molecule has 8 nitrogen and oxygen atoms in total. The van der Waals surface area contributed by atoms with E-state index >= 15 is 0 Å². The molecule has 0 atom stereocenters. The normalized spacial score (nSPS) is 14.8. The second-order valence-corrected chi connectivity index (χ2v) is 7.14. The lowest BCUT2D eigenvalue weighted by Gasteiger charge is -2.23. The summed E-state index contributed by atoms with van der Waals surface area (Å²) in [6, 6.07) is 9.49. The Morgan fingerprint density at radius 2 is 1.97 bits per heavy atom. The molecule has 0 aliphatic carbocycles. The predicted molar refractivity (Wildman–Crippen MR) is 111 cm³/mol. The van der Waals surface area contributed by atoms with Crippen molar-refractivity contribution in [3.8, 4) is 22.8 Å². The van der Waals surface area contributed by atoms with Crippen molar-refractivity contribution in [2.75, 3.05) is 13.1 Å². The summed E-state index contributed by atoms with van der Waals surface area (Å²) >= 11 is 0. The summed E-state index contributed by atoms with van der Waals surface area (Å²) in [5.74, 6) is 1.15. The summed E-state index contributed by atoms with van der Waals surface area (Å²) in [6.45, 7) is 3.88. The quantitative estimate of drug-likeness (QED) is 0.536. The van der Waals surface area contributed by atoms with Gasteiger partial charge in [0.15, 0.2) is 0 Å². The number of halogens is 1. The highest BCUT2D eigenvalue weighted by Gasteiger charge is 2.22. The predicted octanol–water partition coefficient (Wildman–Crippen LogP) is 2.94. The molecule has 0 amide bonds. The van der Waals surface area contributed by atoms with Gasteiger partial charge in [-0.05, 0) is 44.5 Å². The van der Waals surface area contributed by atoms with E-state index < -0.39 is 0 Å². The second kappa shape index (κ2) is 7.81. The van der Waals surface area contributed by atoms with Crippen molar-refractivity contribution in [3.63, 3.8) is 0 Å². The first-order valence-electron chi connectivity index (χ1n) is 9.42. The Balaban J connectivity index is 0.00000205. The van der Waals surface area contributed by atoms with Crippen molar-refractivity contribution in [1.82, 2.24) is 30.1 Å². The van der Waals surface area contributed by atoms with E-state index in [0.717, 1.165) is 42.8 Å².